The molecule has 1 aromatic heterocycles. The molecule has 0 radical (unpaired) electrons. The molecule has 1 rings (SSSR count). The summed E-state index contributed by atoms with van der Waals surface area (Å²) in [7, 11) is 0. The molecule has 18 heavy (non-hydrogen) atoms. The summed E-state index contributed by atoms with van der Waals surface area (Å²) in [4.78, 5) is 10.8. The smallest absolute Gasteiger partial charge is 0.411 e. The van der Waals surface area contributed by atoms with Crippen molar-refractivity contribution < 1.29 is 27.8 Å². The Balaban J connectivity index is 2.38. The minimum Gasteiger partial charge on any atom is -0.478 e. The molecule has 0 saturated carbocycles. The predicted octanol–water partition coefficient (Wildman–Crippen LogP) is 1.17. The number of nitrogens with zero attached hydrogens (tertiary/aromatic N) is 2. The van der Waals surface area contributed by atoms with E-state index in [9.17, 15) is 18.0 Å². The topological polar surface area (TPSA) is 84.3 Å². The van der Waals surface area contributed by atoms with Crippen LogP contribution in [0.5, 0.6) is 0 Å². The molecule has 6 nitrogen and oxygen atoms in total. The first-order valence-corrected chi connectivity index (χ1v) is 4.83. The van der Waals surface area contributed by atoms with Gasteiger partial charge in [-0.15, -0.1) is 5.10 Å². The Morgan fingerprint density at radius 2 is 2.22 bits per heavy atom. The molecule has 0 atom stereocenters. The fourth-order valence-corrected chi connectivity index (χ4v) is 1.06. The average Bonchev–Trinajstić information content (AvgIpc) is 2.27. The predicted molar refractivity (Wildman–Crippen MR) is 54.4 cm³/mol. The maximum atomic E-state index is 11.7. The number of halogens is 3. The van der Waals surface area contributed by atoms with Crippen molar-refractivity contribution in [3.05, 3.63) is 17.8 Å². The molecule has 0 aliphatic rings. The lowest BCUT2D eigenvalue weighted by molar-refractivity contribution is -0.172. The lowest BCUT2D eigenvalue weighted by Gasteiger charge is -2.09. The summed E-state index contributed by atoms with van der Waals surface area (Å²) >= 11 is 0. The van der Waals surface area contributed by atoms with Crippen molar-refractivity contribution in [1.82, 2.24) is 10.2 Å². The monoisotopic (exact) mass is 265 g/mol. The second kappa shape index (κ2) is 6.15. The van der Waals surface area contributed by atoms with Crippen LogP contribution in [0.3, 0.4) is 0 Å². The molecule has 9 heteroatoms. The highest BCUT2D eigenvalue weighted by atomic mass is 19.4. The molecule has 0 unspecified atom stereocenters. The van der Waals surface area contributed by atoms with Gasteiger partial charge in [-0.2, -0.15) is 18.3 Å². The van der Waals surface area contributed by atoms with Crippen LogP contribution >= 0.6 is 0 Å². The molecule has 0 aliphatic carbocycles. The van der Waals surface area contributed by atoms with Crippen molar-refractivity contribution in [2.75, 3.05) is 25.1 Å². The van der Waals surface area contributed by atoms with Gasteiger partial charge in [0.2, 0.25) is 0 Å². The van der Waals surface area contributed by atoms with Crippen LogP contribution in [-0.4, -0.2) is 47.2 Å². The number of carbonyl (C=O) groups is 1. The molecular formula is C9H10F3N3O3. The van der Waals surface area contributed by atoms with Crippen LogP contribution in [0.15, 0.2) is 12.3 Å². The Morgan fingerprint density at radius 1 is 1.50 bits per heavy atom. The van der Waals surface area contributed by atoms with Crippen LogP contribution in [-0.2, 0) is 4.74 Å². The molecule has 1 heterocycles. The van der Waals surface area contributed by atoms with Crippen LogP contribution in [0.1, 0.15) is 10.4 Å². The molecule has 100 valence electrons. The summed E-state index contributed by atoms with van der Waals surface area (Å²) in [6, 6.07) is 1.23. The molecular weight excluding hydrogens is 255 g/mol. The second-order valence-corrected chi connectivity index (χ2v) is 3.19. The first-order valence-electron chi connectivity index (χ1n) is 4.83. The molecule has 0 aromatic carbocycles. The van der Waals surface area contributed by atoms with Crippen molar-refractivity contribution in [2.24, 2.45) is 0 Å². The first-order chi connectivity index (χ1) is 8.40. The third-order valence-electron chi connectivity index (χ3n) is 1.76. The highest BCUT2D eigenvalue weighted by Gasteiger charge is 2.27. The zero-order valence-corrected chi connectivity index (χ0v) is 9.07. The first kappa shape index (κ1) is 14.2. The fraction of sp³-hybridized carbons (Fsp3) is 0.444. The molecule has 0 bridgehead atoms. The number of carboxylic acid groups (broad SMARTS) is 1. The maximum Gasteiger partial charge on any atom is 0.411 e. The van der Waals surface area contributed by atoms with E-state index < -0.39 is 18.8 Å². The van der Waals surface area contributed by atoms with Gasteiger partial charge in [0.1, 0.15) is 12.2 Å². The van der Waals surface area contributed by atoms with E-state index in [0.29, 0.717) is 0 Å². The molecule has 0 amide bonds. The van der Waals surface area contributed by atoms with E-state index in [1.807, 2.05) is 0 Å². The highest BCUT2D eigenvalue weighted by molar-refractivity contribution is 5.92. The third-order valence-corrected chi connectivity index (χ3v) is 1.76. The van der Waals surface area contributed by atoms with E-state index in [4.69, 9.17) is 5.11 Å². The molecule has 0 saturated heterocycles. The summed E-state index contributed by atoms with van der Waals surface area (Å²) in [6.07, 6.45) is -3.17. The quantitative estimate of drug-likeness (QED) is 0.751. The summed E-state index contributed by atoms with van der Waals surface area (Å²) in [5.74, 6) is -1.22. The van der Waals surface area contributed by atoms with Crippen LogP contribution in [0.4, 0.5) is 19.0 Å². The number of rotatable bonds is 6. The fourth-order valence-electron chi connectivity index (χ4n) is 1.06. The number of hydrogen-bond acceptors (Lipinski definition) is 5. The Morgan fingerprint density at radius 3 is 2.83 bits per heavy atom. The van der Waals surface area contributed by atoms with Gasteiger partial charge in [-0.1, -0.05) is 0 Å². The number of carboxylic acids is 1. The number of anilines is 1. The van der Waals surface area contributed by atoms with Crippen LogP contribution in [0.2, 0.25) is 0 Å². The van der Waals surface area contributed by atoms with E-state index in [1.54, 1.807) is 0 Å². The average molecular weight is 265 g/mol. The number of hydrogen-bond donors (Lipinski definition) is 2. The van der Waals surface area contributed by atoms with Crippen molar-refractivity contribution in [3.8, 4) is 0 Å². The SMILES string of the molecule is O=C(O)c1ccnnc1NCCOCC(F)(F)F. The minimum absolute atomic E-state index is 0.00491. The van der Waals surface area contributed by atoms with E-state index in [2.05, 4.69) is 20.3 Å². The Labute approximate surface area is 99.8 Å². The van der Waals surface area contributed by atoms with Gasteiger partial charge in [-0.3, -0.25) is 0 Å². The number of aromatic carboxylic acids is 1. The van der Waals surface area contributed by atoms with Gasteiger partial charge < -0.3 is 15.2 Å². The summed E-state index contributed by atoms with van der Waals surface area (Å²) in [6.45, 7) is -1.58. The van der Waals surface area contributed by atoms with E-state index >= 15 is 0 Å². The van der Waals surface area contributed by atoms with E-state index in [1.165, 1.54) is 12.3 Å². The second-order valence-electron chi connectivity index (χ2n) is 3.19. The number of aromatic nitrogens is 2. The highest BCUT2D eigenvalue weighted by Crippen LogP contribution is 2.14. The molecule has 0 aliphatic heterocycles. The molecule has 2 N–H and O–H groups in total. The third kappa shape index (κ3) is 4.95. The van der Waals surface area contributed by atoms with Gasteiger partial charge >= 0.3 is 12.1 Å². The minimum atomic E-state index is -4.38. The molecule has 1 aromatic rings. The Hall–Kier alpha value is -1.90. The van der Waals surface area contributed by atoms with E-state index in [-0.39, 0.29) is 24.5 Å². The van der Waals surface area contributed by atoms with Crippen molar-refractivity contribution >= 4 is 11.8 Å². The van der Waals surface area contributed by atoms with Crippen molar-refractivity contribution in [3.63, 3.8) is 0 Å². The zero-order chi connectivity index (χ0) is 13.6. The van der Waals surface area contributed by atoms with Crippen LogP contribution in [0.25, 0.3) is 0 Å². The normalized spacial score (nSPS) is 11.3. The lowest BCUT2D eigenvalue weighted by atomic mass is 10.3. The number of nitrogens with one attached hydrogen (secondary N) is 1. The number of ether oxygens (including phenoxy) is 1. The maximum absolute atomic E-state index is 11.7. The molecule has 0 fully saturated rings. The summed E-state index contributed by atoms with van der Waals surface area (Å²) < 4.78 is 39.5. The van der Waals surface area contributed by atoms with Gasteiger partial charge in [-0.05, 0) is 6.07 Å². The van der Waals surface area contributed by atoms with E-state index in [0.717, 1.165) is 0 Å². The van der Waals surface area contributed by atoms with Crippen LogP contribution in [0, 0.1) is 0 Å². The van der Waals surface area contributed by atoms with Gasteiger partial charge in [-0.25, -0.2) is 4.79 Å². The van der Waals surface area contributed by atoms with Gasteiger partial charge in [0.15, 0.2) is 5.82 Å². The van der Waals surface area contributed by atoms with Gasteiger partial charge in [0.25, 0.3) is 0 Å². The standard InChI is InChI=1S/C9H10F3N3O3/c10-9(11,12)5-18-4-3-13-7-6(8(16)17)1-2-14-15-7/h1-2H,3-5H2,(H,13,15)(H,16,17). The number of alkyl halides is 3. The zero-order valence-electron chi connectivity index (χ0n) is 9.07. The molecule has 0 spiro atoms. The van der Waals surface area contributed by atoms with Crippen LogP contribution < -0.4 is 5.32 Å². The summed E-state index contributed by atoms with van der Waals surface area (Å²) in [5, 5.41) is 18.3. The Kier molecular flexibility index (Phi) is 4.84. The van der Waals surface area contributed by atoms with Crippen molar-refractivity contribution in [2.45, 2.75) is 6.18 Å². The van der Waals surface area contributed by atoms with Gasteiger partial charge in [0.05, 0.1) is 12.8 Å². The largest absolute Gasteiger partial charge is 0.478 e. The van der Waals surface area contributed by atoms with Gasteiger partial charge in [0, 0.05) is 6.54 Å². The lowest BCUT2D eigenvalue weighted by Crippen LogP contribution is -2.20. The summed E-state index contributed by atoms with van der Waals surface area (Å²) in [5.41, 5.74) is -0.110. The Bertz CT molecular complexity index is 412. The van der Waals surface area contributed by atoms with Crippen molar-refractivity contribution in [1.29, 1.82) is 0 Å².